The maximum absolute atomic E-state index is 9.10. The van der Waals surface area contributed by atoms with Crippen LogP contribution in [0.2, 0.25) is 5.02 Å². The summed E-state index contributed by atoms with van der Waals surface area (Å²) in [6, 6.07) is 14.9. The number of carboxylic acid groups (broad SMARTS) is 2. The fourth-order valence-corrected chi connectivity index (χ4v) is 5.19. The highest BCUT2D eigenvalue weighted by molar-refractivity contribution is 7.17. The molecule has 1 aliphatic heterocycles. The van der Waals surface area contributed by atoms with Gasteiger partial charge in [0.05, 0.1) is 10.4 Å². The third kappa shape index (κ3) is 5.47. The van der Waals surface area contributed by atoms with E-state index in [1.807, 2.05) is 17.4 Å². The SMILES string of the molecule is Clc1ccc2[nH]cc(CCN3CCN(c4cccc5ccsc45)CC3)c2c1.O=C(O)C(=O)O. The first-order valence-electron chi connectivity index (χ1n) is 10.6. The fraction of sp³-hybridized carbons (Fsp3) is 0.250. The van der Waals surface area contributed by atoms with Gasteiger partial charge in [0, 0.05) is 54.8 Å². The normalized spacial score (nSPS) is 14.3. The van der Waals surface area contributed by atoms with Gasteiger partial charge in [-0.2, -0.15) is 0 Å². The minimum absolute atomic E-state index is 0.805. The van der Waals surface area contributed by atoms with Gasteiger partial charge in [-0.25, -0.2) is 9.59 Å². The molecule has 1 fully saturated rings. The number of hydrogen-bond donors (Lipinski definition) is 3. The van der Waals surface area contributed by atoms with Gasteiger partial charge >= 0.3 is 11.9 Å². The monoisotopic (exact) mass is 485 g/mol. The first-order valence-corrected chi connectivity index (χ1v) is 11.8. The number of nitrogens with zero attached hydrogens (tertiary/aromatic N) is 2. The third-order valence-electron chi connectivity index (χ3n) is 5.78. The average molecular weight is 486 g/mol. The number of hydrogen-bond acceptors (Lipinski definition) is 5. The Balaban J connectivity index is 0.000000385. The maximum Gasteiger partial charge on any atom is 0.414 e. The van der Waals surface area contributed by atoms with Gasteiger partial charge in [0.1, 0.15) is 0 Å². The van der Waals surface area contributed by atoms with Gasteiger partial charge in [-0.1, -0.05) is 23.7 Å². The van der Waals surface area contributed by atoms with E-state index in [2.05, 4.69) is 62.8 Å². The predicted molar refractivity (Wildman–Crippen MR) is 133 cm³/mol. The van der Waals surface area contributed by atoms with Crippen LogP contribution in [0.5, 0.6) is 0 Å². The molecule has 3 N–H and O–H groups in total. The third-order valence-corrected chi connectivity index (χ3v) is 6.97. The molecule has 2 aromatic carbocycles. The molecular formula is C24H24ClN3O4S. The van der Waals surface area contributed by atoms with Gasteiger partial charge in [0.25, 0.3) is 0 Å². The smallest absolute Gasteiger partial charge is 0.414 e. The van der Waals surface area contributed by atoms with Crippen molar-refractivity contribution >= 4 is 61.6 Å². The van der Waals surface area contributed by atoms with E-state index in [1.54, 1.807) is 0 Å². The molecule has 0 unspecified atom stereocenters. The summed E-state index contributed by atoms with van der Waals surface area (Å²) in [6.45, 7) is 5.51. The molecule has 1 saturated heterocycles. The van der Waals surface area contributed by atoms with Gasteiger partial charge in [0.15, 0.2) is 0 Å². The number of rotatable bonds is 4. The summed E-state index contributed by atoms with van der Waals surface area (Å²) in [6.07, 6.45) is 3.19. The Bertz CT molecular complexity index is 1270. The lowest BCUT2D eigenvalue weighted by atomic mass is 10.1. The standard InChI is InChI=1S/C22H22ClN3S.C2H2O4/c23-18-4-5-20-19(14-18)17(15-24-20)6-8-25-9-11-26(12-10-25)21-3-1-2-16-7-13-27-22(16)21;3-1(4)2(5)6/h1-5,7,13-15,24H,6,8-12H2;(H,3,4)(H,5,6). The van der Waals surface area contributed by atoms with Crippen molar-refractivity contribution in [3.63, 3.8) is 0 Å². The number of aromatic nitrogens is 1. The summed E-state index contributed by atoms with van der Waals surface area (Å²) in [5, 5.41) is 20.4. The number of halogens is 1. The van der Waals surface area contributed by atoms with Crippen molar-refractivity contribution < 1.29 is 19.8 Å². The highest BCUT2D eigenvalue weighted by Crippen LogP contribution is 2.32. The molecule has 5 rings (SSSR count). The second kappa shape index (κ2) is 10.2. The molecule has 9 heteroatoms. The number of aromatic amines is 1. The van der Waals surface area contributed by atoms with Gasteiger partial charge in [-0.3, -0.25) is 4.90 Å². The van der Waals surface area contributed by atoms with Crippen LogP contribution in [-0.2, 0) is 16.0 Å². The van der Waals surface area contributed by atoms with Crippen LogP contribution in [0.1, 0.15) is 5.56 Å². The lowest BCUT2D eigenvalue weighted by Gasteiger charge is -2.36. The molecule has 0 spiro atoms. The van der Waals surface area contributed by atoms with E-state index in [0.717, 1.165) is 44.2 Å². The van der Waals surface area contributed by atoms with Gasteiger partial charge in [-0.05, 0) is 53.1 Å². The van der Waals surface area contributed by atoms with E-state index in [0.29, 0.717) is 0 Å². The zero-order valence-electron chi connectivity index (χ0n) is 17.8. The van der Waals surface area contributed by atoms with Crippen molar-refractivity contribution in [1.29, 1.82) is 0 Å². The summed E-state index contributed by atoms with van der Waals surface area (Å²) in [4.78, 5) is 26.7. The Morgan fingerprint density at radius 2 is 1.79 bits per heavy atom. The first kappa shape index (κ1) is 23.1. The molecule has 172 valence electrons. The lowest BCUT2D eigenvalue weighted by Crippen LogP contribution is -2.47. The Hall–Kier alpha value is -3.07. The van der Waals surface area contributed by atoms with Crippen molar-refractivity contribution in [2.75, 3.05) is 37.6 Å². The van der Waals surface area contributed by atoms with Crippen LogP contribution in [0.15, 0.2) is 54.0 Å². The van der Waals surface area contributed by atoms with Crippen LogP contribution in [0.25, 0.3) is 21.0 Å². The summed E-state index contributed by atoms with van der Waals surface area (Å²) in [5.41, 5.74) is 3.93. The number of fused-ring (bicyclic) bond motifs is 2. The van der Waals surface area contributed by atoms with E-state index in [-0.39, 0.29) is 0 Å². The van der Waals surface area contributed by atoms with Crippen molar-refractivity contribution in [3.8, 4) is 0 Å². The van der Waals surface area contributed by atoms with Crippen molar-refractivity contribution in [2.45, 2.75) is 6.42 Å². The van der Waals surface area contributed by atoms with Crippen LogP contribution in [0.4, 0.5) is 5.69 Å². The van der Waals surface area contributed by atoms with E-state index in [4.69, 9.17) is 31.4 Å². The molecule has 1 aliphatic rings. The number of anilines is 1. The van der Waals surface area contributed by atoms with Gasteiger partial charge in [-0.15, -0.1) is 11.3 Å². The van der Waals surface area contributed by atoms with Crippen LogP contribution in [0.3, 0.4) is 0 Å². The number of nitrogens with one attached hydrogen (secondary N) is 1. The zero-order chi connectivity index (χ0) is 23.4. The fourth-order valence-electron chi connectivity index (χ4n) is 4.07. The van der Waals surface area contributed by atoms with E-state index in [1.165, 1.54) is 32.2 Å². The molecule has 2 aromatic heterocycles. The van der Waals surface area contributed by atoms with Crippen molar-refractivity contribution in [3.05, 3.63) is 64.6 Å². The molecule has 3 heterocycles. The van der Waals surface area contributed by atoms with Gasteiger partial charge < -0.3 is 20.1 Å². The van der Waals surface area contributed by atoms with Crippen LogP contribution < -0.4 is 4.90 Å². The predicted octanol–water partition coefficient (Wildman–Crippen LogP) is 4.56. The highest BCUT2D eigenvalue weighted by atomic mass is 35.5. The first-order chi connectivity index (χ1) is 15.9. The minimum atomic E-state index is -1.82. The second-order valence-corrected chi connectivity index (χ2v) is 9.16. The quantitative estimate of drug-likeness (QED) is 0.367. The molecule has 0 amide bonds. The average Bonchev–Trinajstić information content (AvgIpc) is 3.45. The minimum Gasteiger partial charge on any atom is -0.473 e. The van der Waals surface area contributed by atoms with Crippen LogP contribution >= 0.6 is 22.9 Å². The zero-order valence-corrected chi connectivity index (χ0v) is 19.4. The number of thiophene rings is 1. The van der Waals surface area contributed by atoms with Crippen LogP contribution in [-0.4, -0.2) is 64.8 Å². The van der Waals surface area contributed by atoms with E-state index in [9.17, 15) is 0 Å². The Morgan fingerprint density at radius 1 is 1.03 bits per heavy atom. The topological polar surface area (TPSA) is 96.9 Å². The number of H-pyrrole nitrogens is 1. The lowest BCUT2D eigenvalue weighted by molar-refractivity contribution is -0.159. The number of carboxylic acids is 2. The molecule has 0 atom stereocenters. The summed E-state index contributed by atoms with van der Waals surface area (Å²) < 4.78 is 1.42. The number of carbonyl (C=O) groups is 2. The Kier molecular flexibility index (Phi) is 7.17. The molecule has 0 aliphatic carbocycles. The molecular weight excluding hydrogens is 462 g/mol. The summed E-state index contributed by atoms with van der Waals surface area (Å²) >= 11 is 8.02. The Morgan fingerprint density at radius 3 is 2.52 bits per heavy atom. The molecule has 0 saturated carbocycles. The molecule has 7 nitrogen and oxygen atoms in total. The molecule has 4 aromatic rings. The second-order valence-electron chi connectivity index (χ2n) is 7.81. The largest absolute Gasteiger partial charge is 0.473 e. The number of benzene rings is 2. The van der Waals surface area contributed by atoms with Gasteiger partial charge in [0.2, 0.25) is 0 Å². The number of aliphatic carboxylic acids is 2. The molecule has 0 bridgehead atoms. The van der Waals surface area contributed by atoms with E-state index < -0.39 is 11.9 Å². The molecule has 33 heavy (non-hydrogen) atoms. The summed E-state index contributed by atoms with van der Waals surface area (Å²) in [7, 11) is 0. The Labute approximate surface area is 199 Å². The van der Waals surface area contributed by atoms with E-state index >= 15 is 0 Å². The molecule has 0 radical (unpaired) electrons. The van der Waals surface area contributed by atoms with Crippen molar-refractivity contribution in [2.24, 2.45) is 0 Å². The highest BCUT2D eigenvalue weighted by Gasteiger charge is 2.19. The van der Waals surface area contributed by atoms with Crippen molar-refractivity contribution in [1.82, 2.24) is 9.88 Å². The number of piperazine rings is 1. The maximum atomic E-state index is 9.10. The van der Waals surface area contributed by atoms with Crippen LogP contribution in [0, 0.1) is 0 Å². The summed E-state index contributed by atoms with van der Waals surface area (Å²) in [5.74, 6) is -3.65.